The Bertz CT molecular complexity index is 1800. The first kappa shape index (κ1) is 21.9. The molecule has 3 heteroatoms. The van der Waals surface area contributed by atoms with Crippen LogP contribution in [0.4, 0.5) is 0 Å². The maximum Gasteiger partial charge on any atom is 0.160 e. The van der Waals surface area contributed by atoms with Crippen molar-refractivity contribution in [3.8, 4) is 45.0 Å². The molecule has 1 aromatic heterocycles. The summed E-state index contributed by atoms with van der Waals surface area (Å²) in [7, 11) is -1.95. The molecule has 37 heavy (non-hydrogen) atoms. The topological polar surface area (TPSA) is 25.8 Å². The van der Waals surface area contributed by atoms with Crippen molar-refractivity contribution in [1.29, 1.82) is 0 Å². The Labute approximate surface area is 218 Å². The normalized spacial score (nSPS) is 13.4. The summed E-state index contributed by atoms with van der Waals surface area (Å²) >= 11 is 0. The van der Waals surface area contributed by atoms with E-state index >= 15 is 0 Å². The van der Waals surface area contributed by atoms with Crippen molar-refractivity contribution in [3.05, 3.63) is 121 Å². The largest absolute Gasteiger partial charge is 0.228 e. The van der Waals surface area contributed by atoms with Crippen molar-refractivity contribution in [2.24, 2.45) is 0 Å². The second-order valence-corrected chi connectivity index (χ2v) is 14.6. The highest BCUT2D eigenvalue weighted by molar-refractivity contribution is 7.04. The van der Waals surface area contributed by atoms with Crippen molar-refractivity contribution < 1.29 is 0 Å². The summed E-state index contributed by atoms with van der Waals surface area (Å²) in [5, 5.41) is 5.28. The van der Waals surface area contributed by atoms with Gasteiger partial charge in [0.1, 0.15) is 8.07 Å². The minimum atomic E-state index is -1.95. The van der Waals surface area contributed by atoms with Gasteiger partial charge in [-0.2, -0.15) is 0 Å². The lowest BCUT2D eigenvalue weighted by Crippen LogP contribution is -2.50. The van der Waals surface area contributed by atoms with Gasteiger partial charge >= 0.3 is 0 Å². The molecule has 0 atom stereocenters. The summed E-state index contributed by atoms with van der Waals surface area (Å²) in [4.78, 5) is 10.5. The first-order valence-electron chi connectivity index (χ1n) is 12.8. The Hall–Kier alpha value is -4.34. The van der Waals surface area contributed by atoms with Crippen LogP contribution in [0, 0.1) is 0 Å². The lowest BCUT2D eigenvalue weighted by atomic mass is 9.99. The molecule has 5 aromatic carbocycles. The van der Waals surface area contributed by atoms with E-state index in [-0.39, 0.29) is 0 Å². The zero-order valence-corrected chi connectivity index (χ0v) is 21.9. The second kappa shape index (κ2) is 8.36. The first-order chi connectivity index (χ1) is 18.1. The number of benzene rings is 5. The van der Waals surface area contributed by atoms with E-state index in [4.69, 9.17) is 9.97 Å². The van der Waals surface area contributed by atoms with Crippen LogP contribution in [0.2, 0.25) is 13.1 Å². The number of rotatable bonds is 3. The van der Waals surface area contributed by atoms with Gasteiger partial charge in [0.05, 0.1) is 11.4 Å². The number of hydrogen-bond donors (Lipinski definition) is 0. The molecule has 0 radical (unpaired) electrons. The first-order valence-corrected chi connectivity index (χ1v) is 15.8. The molecule has 0 spiro atoms. The second-order valence-electron chi connectivity index (χ2n) is 10.3. The molecule has 0 unspecified atom stereocenters. The highest BCUT2D eigenvalue weighted by Crippen LogP contribution is 2.34. The third kappa shape index (κ3) is 3.54. The quantitative estimate of drug-likeness (QED) is 0.241. The van der Waals surface area contributed by atoms with Gasteiger partial charge in [-0.05, 0) is 50.0 Å². The predicted molar refractivity (Wildman–Crippen MR) is 158 cm³/mol. The van der Waals surface area contributed by atoms with Crippen LogP contribution in [-0.4, -0.2) is 18.0 Å². The molecule has 6 aromatic rings. The summed E-state index contributed by atoms with van der Waals surface area (Å²) < 4.78 is 0. The summed E-state index contributed by atoms with van der Waals surface area (Å²) in [5.41, 5.74) is 8.00. The van der Waals surface area contributed by atoms with Crippen molar-refractivity contribution in [3.63, 3.8) is 0 Å². The van der Waals surface area contributed by atoms with Crippen LogP contribution in [0.5, 0.6) is 0 Å². The fourth-order valence-electron chi connectivity index (χ4n) is 5.76. The van der Waals surface area contributed by atoms with Gasteiger partial charge in [-0.3, -0.25) is 0 Å². The Morgan fingerprint density at radius 3 is 2.00 bits per heavy atom. The SMILES string of the molecule is C[Si]1(C)c2ccccc2-c2nc(-c3cccc(-c4ccc5ccccc5c4)c3)nc(-c3ccccc3)c21. The van der Waals surface area contributed by atoms with Gasteiger partial charge in [-0.1, -0.05) is 122 Å². The van der Waals surface area contributed by atoms with Gasteiger partial charge in [0, 0.05) is 11.1 Å². The minimum Gasteiger partial charge on any atom is -0.228 e. The van der Waals surface area contributed by atoms with Crippen LogP contribution in [0.1, 0.15) is 0 Å². The highest BCUT2D eigenvalue weighted by atomic mass is 28.3. The summed E-state index contributed by atoms with van der Waals surface area (Å²) in [6, 6.07) is 43.2. The molecule has 2 heterocycles. The average Bonchev–Trinajstić information content (AvgIpc) is 3.19. The van der Waals surface area contributed by atoms with Gasteiger partial charge < -0.3 is 0 Å². The molecular weight excluding hydrogens is 464 g/mol. The fraction of sp³-hybridized carbons (Fsp3) is 0.0588. The van der Waals surface area contributed by atoms with Crippen LogP contribution >= 0.6 is 0 Å². The molecule has 1 aliphatic heterocycles. The lowest BCUT2D eigenvalue weighted by Gasteiger charge is -2.21. The number of hydrogen-bond acceptors (Lipinski definition) is 2. The Morgan fingerprint density at radius 2 is 1.14 bits per heavy atom. The van der Waals surface area contributed by atoms with E-state index in [0.717, 1.165) is 28.3 Å². The number of fused-ring (bicyclic) bond motifs is 4. The maximum absolute atomic E-state index is 5.27. The lowest BCUT2D eigenvalue weighted by molar-refractivity contribution is 1.20. The molecule has 0 bridgehead atoms. The number of aromatic nitrogens is 2. The Balaban J connectivity index is 1.44. The van der Waals surface area contributed by atoms with Crippen molar-refractivity contribution in [2.75, 3.05) is 0 Å². The summed E-state index contributed by atoms with van der Waals surface area (Å²) in [6.45, 7) is 4.85. The summed E-state index contributed by atoms with van der Waals surface area (Å²) in [6.07, 6.45) is 0. The molecule has 0 fully saturated rings. The standard InChI is InChI=1S/C34H26N2Si/c1-37(2)30-18-9-8-17-29(30)32-33(37)31(24-12-4-3-5-13-24)35-34(36-32)28-16-10-15-26(22-28)27-20-19-23-11-6-7-14-25(23)21-27/h3-22H,1-2H3. The van der Waals surface area contributed by atoms with E-state index in [1.54, 1.807) is 0 Å². The van der Waals surface area contributed by atoms with E-state index in [1.165, 1.54) is 37.8 Å². The van der Waals surface area contributed by atoms with Crippen LogP contribution < -0.4 is 10.4 Å². The zero-order valence-electron chi connectivity index (χ0n) is 20.9. The Morgan fingerprint density at radius 1 is 0.486 bits per heavy atom. The van der Waals surface area contributed by atoms with E-state index in [1.807, 2.05) is 0 Å². The van der Waals surface area contributed by atoms with Gasteiger partial charge in [0.25, 0.3) is 0 Å². The molecule has 0 saturated carbocycles. The molecular formula is C34H26N2Si. The van der Waals surface area contributed by atoms with Gasteiger partial charge in [0.15, 0.2) is 5.82 Å². The van der Waals surface area contributed by atoms with Crippen LogP contribution in [0.15, 0.2) is 121 Å². The summed E-state index contributed by atoms with van der Waals surface area (Å²) in [5.74, 6) is 0.779. The zero-order chi connectivity index (χ0) is 25.0. The molecule has 0 aliphatic carbocycles. The number of nitrogens with zero attached hydrogens (tertiary/aromatic N) is 2. The highest BCUT2D eigenvalue weighted by Gasteiger charge is 2.41. The molecule has 176 valence electrons. The van der Waals surface area contributed by atoms with Crippen molar-refractivity contribution in [2.45, 2.75) is 13.1 Å². The van der Waals surface area contributed by atoms with Crippen molar-refractivity contribution in [1.82, 2.24) is 9.97 Å². The van der Waals surface area contributed by atoms with Crippen LogP contribution in [0.25, 0.3) is 55.8 Å². The van der Waals surface area contributed by atoms with E-state index in [2.05, 4.69) is 134 Å². The van der Waals surface area contributed by atoms with E-state index in [9.17, 15) is 0 Å². The van der Waals surface area contributed by atoms with E-state index < -0.39 is 8.07 Å². The van der Waals surface area contributed by atoms with Gasteiger partial charge in [-0.15, -0.1) is 0 Å². The van der Waals surface area contributed by atoms with Crippen molar-refractivity contribution >= 4 is 29.2 Å². The minimum absolute atomic E-state index is 0.779. The maximum atomic E-state index is 5.27. The smallest absolute Gasteiger partial charge is 0.160 e. The van der Waals surface area contributed by atoms with Gasteiger partial charge in [0.2, 0.25) is 0 Å². The molecule has 2 nitrogen and oxygen atoms in total. The average molecular weight is 491 g/mol. The Kier molecular flexibility index (Phi) is 4.95. The third-order valence-corrected chi connectivity index (χ3v) is 11.1. The van der Waals surface area contributed by atoms with Crippen LogP contribution in [-0.2, 0) is 0 Å². The fourth-order valence-corrected chi connectivity index (χ4v) is 8.99. The molecule has 0 N–H and O–H groups in total. The third-order valence-electron chi connectivity index (χ3n) is 7.64. The molecule has 7 rings (SSSR count). The molecule has 0 amide bonds. The molecule has 0 saturated heterocycles. The predicted octanol–water partition coefficient (Wildman–Crippen LogP) is 7.43. The van der Waals surface area contributed by atoms with E-state index in [0.29, 0.717) is 0 Å². The van der Waals surface area contributed by atoms with Gasteiger partial charge in [-0.25, -0.2) is 9.97 Å². The monoisotopic (exact) mass is 490 g/mol. The molecule has 1 aliphatic rings. The van der Waals surface area contributed by atoms with Crippen LogP contribution in [0.3, 0.4) is 0 Å².